The van der Waals surface area contributed by atoms with Crippen LogP contribution in [0.3, 0.4) is 0 Å². The number of amides is 6. The Balaban J connectivity index is 2.25. The van der Waals surface area contributed by atoms with Gasteiger partial charge in [-0.05, 0) is 75.7 Å². The summed E-state index contributed by atoms with van der Waals surface area (Å²) in [6.07, 6.45) is 2.32. The summed E-state index contributed by atoms with van der Waals surface area (Å²) in [5, 5.41) is 23.2. The molecule has 0 aliphatic carbocycles. The van der Waals surface area contributed by atoms with Crippen molar-refractivity contribution in [3.63, 3.8) is 0 Å². The maximum Gasteiger partial charge on any atom is 0.326 e. The van der Waals surface area contributed by atoms with Crippen LogP contribution in [0.1, 0.15) is 91.5 Å². The normalized spacial score (nSPS) is 16.9. The summed E-state index contributed by atoms with van der Waals surface area (Å²) in [5.74, 6) is -5.87. The van der Waals surface area contributed by atoms with Gasteiger partial charge in [-0.25, -0.2) is 4.79 Å². The summed E-state index contributed by atoms with van der Waals surface area (Å²) in [6, 6.07) is 1.40. The maximum absolute atomic E-state index is 13.9. The first kappa shape index (κ1) is 52.1. The number of nitrogens with two attached hydrogens (primary N) is 5. The van der Waals surface area contributed by atoms with E-state index in [1.54, 1.807) is 6.92 Å². The second kappa shape index (κ2) is 26.4. The zero-order valence-electron chi connectivity index (χ0n) is 36.6. The van der Waals surface area contributed by atoms with Crippen LogP contribution in [0.2, 0.25) is 0 Å². The SMILES string of the molecule is CC[C@H](C)[C@H](NC(=O)[C@H](C)NC(=O)[C@H](CCCN=C(N)N)NC(=O)[C@H](CC(C)C)NC(=O)[C@@H](N)Cc1ccccc1)C(=O)N[C@@H](CCCN=C(N)N)C(=O)N1CCC[C@H]1C(=O)O. The van der Waals surface area contributed by atoms with Crippen LogP contribution in [0, 0.1) is 11.8 Å². The van der Waals surface area contributed by atoms with E-state index in [2.05, 4.69) is 36.6 Å². The fourth-order valence-electron chi connectivity index (χ4n) is 6.86. The van der Waals surface area contributed by atoms with Crippen LogP contribution in [-0.2, 0) is 40.0 Å². The lowest BCUT2D eigenvalue weighted by atomic mass is 9.97. The molecular formula is C41H69N13O8. The largest absolute Gasteiger partial charge is 0.480 e. The fraction of sp³-hybridized carbons (Fsp3) is 0.634. The molecule has 1 aliphatic heterocycles. The molecular weight excluding hydrogens is 803 g/mol. The molecule has 21 nitrogen and oxygen atoms in total. The van der Waals surface area contributed by atoms with Crippen LogP contribution in [0.25, 0.3) is 0 Å². The van der Waals surface area contributed by atoms with Gasteiger partial charge in [0.15, 0.2) is 11.9 Å². The number of aliphatic imine (C=N–C) groups is 2. The molecule has 1 aromatic rings. The first-order valence-electron chi connectivity index (χ1n) is 21.2. The summed E-state index contributed by atoms with van der Waals surface area (Å²) in [6.45, 7) is 9.18. The minimum absolute atomic E-state index is 0.0371. The van der Waals surface area contributed by atoms with Crippen molar-refractivity contribution in [2.75, 3.05) is 19.6 Å². The maximum atomic E-state index is 13.9. The molecule has 62 heavy (non-hydrogen) atoms. The molecule has 346 valence electrons. The number of nitrogens with zero attached hydrogens (tertiary/aromatic N) is 3. The number of likely N-dealkylation sites (tertiary alicyclic amines) is 1. The molecule has 16 N–H and O–H groups in total. The number of guanidine groups is 2. The average molecular weight is 872 g/mol. The molecule has 0 aromatic heterocycles. The zero-order chi connectivity index (χ0) is 46.5. The molecule has 0 radical (unpaired) electrons. The van der Waals surface area contributed by atoms with E-state index in [-0.39, 0.29) is 82.4 Å². The van der Waals surface area contributed by atoms with Gasteiger partial charge in [-0.1, -0.05) is 64.4 Å². The third-order valence-electron chi connectivity index (χ3n) is 10.5. The van der Waals surface area contributed by atoms with Crippen LogP contribution in [0.5, 0.6) is 0 Å². The van der Waals surface area contributed by atoms with Crippen molar-refractivity contribution < 1.29 is 38.7 Å². The summed E-state index contributed by atoms with van der Waals surface area (Å²) < 4.78 is 0. The summed E-state index contributed by atoms with van der Waals surface area (Å²) in [4.78, 5) is 103. The molecule has 0 unspecified atom stereocenters. The Labute approximate surface area is 363 Å². The second-order valence-corrected chi connectivity index (χ2v) is 16.1. The Hall–Kier alpha value is -5.99. The van der Waals surface area contributed by atoms with Gasteiger partial charge in [-0.3, -0.25) is 38.8 Å². The van der Waals surface area contributed by atoms with Crippen LogP contribution >= 0.6 is 0 Å². The number of carbonyl (C=O) groups excluding carboxylic acids is 6. The number of carbonyl (C=O) groups is 7. The van der Waals surface area contributed by atoms with Crippen molar-refractivity contribution in [3.05, 3.63) is 35.9 Å². The van der Waals surface area contributed by atoms with E-state index in [0.29, 0.717) is 12.8 Å². The van der Waals surface area contributed by atoms with Crippen LogP contribution < -0.4 is 55.3 Å². The highest BCUT2D eigenvalue weighted by atomic mass is 16.4. The molecule has 1 heterocycles. The topological polar surface area (TPSA) is 358 Å². The van der Waals surface area contributed by atoms with Crippen LogP contribution in [0.4, 0.5) is 0 Å². The lowest BCUT2D eigenvalue weighted by Gasteiger charge is -2.30. The highest BCUT2D eigenvalue weighted by molar-refractivity contribution is 5.97. The van der Waals surface area contributed by atoms with Gasteiger partial charge in [0.2, 0.25) is 35.4 Å². The first-order chi connectivity index (χ1) is 29.2. The summed E-state index contributed by atoms with van der Waals surface area (Å²) >= 11 is 0. The fourth-order valence-corrected chi connectivity index (χ4v) is 6.86. The van der Waals surface area contributed by atoms with Gasteiger partial charge >= 0.3 is 5.97 Å². The van der Waals surface area contributed by atoms with E-state index in [0.717, 1.165) is 5.56 Å². The average Bonchev–Trinajstić information content (AvgIpc) is 3.72. The molecule has 1 fully saturated rings. The van der Waals surface area contributed by atoms with Gasteiger partial charge in [0.1, 0.15) is 36.3 Å². The zero-order valence-corrected chi connectivity index (χ0v) is 36.6. The Morgan fingerprint density at radius 2 is 1.29 bits per heavy atom. The van der Waals surface area contributed by atoms with Gasteiger partial charge < -0.3 is 65.3 Å². The predicted octanol–water partition coefficient (Wildman–Crippen LogP) is -1.72. The number of aliphatic carboxylic acids is 1. The smallest absolute Gasteiger partial charge is 0.326 e. The Kier molecular flexibility index (Phi) is 22.2. The lowest BCUT2D eigenvalue weighted by Crippen LogP contribution is -2.60. The van der Waals surface area contributed by atoms with Gasteiger partial charge in [0, 0.05) is 19.6 Å². The number of nitrogens with one attached hydrogen (secondary N) is 5. The molecule has 6 amide bonds. The molecule has 8 atom stereocenters. The molecule has 0 bridgehead atoms. The van der Waals surface area contributed by atoms with E-state index >= 15 is 0 Å². The van der Waals surface area contributed by atoms with Gasteiger partial charge in [-0.15, -0.1) is 0 Å². The minimum atomic E-state index is -1.22. The molecule has 0 spiro atoms. The third kappa shape index (κ3) is 17.9. The van der Waals surface area contributed by atoms with Crippen molar-refractivity contribution in [2.24, 2.45) is 50.5 Å². The van der Waals surface area contributed by atoms with E-state index in [1.165, 1.54) is 11.8 Å². The molecule has 0 saturated carbocycles. The molecule has 21 heteroatoms. The number of hydrogen-bond donors (Lipinski definition) is 11. The van der Waals surface area contributed by atoms with E-state index in [4.69, 9.17) is 28.7 Å². The third-order valence-corrected chi connectivity index (χ3v) is 10.5. The summed E-state index contributed by atoms with van der Waals surface area (Å²) in [7, 11) is 0. The number of rotatable bonds is 26. The van der Waals surface area contributed by atoms with Crippen LogP contribution in [0.15, 0.2) is 40.3 Å². The van der Waals surface area contributed by atoms with E-state index in [1.807, 2.05) is 51.1 Å². The van der Waals surface area contributed by atoms with Gasteiger partial charge in [0.05, 0.1) is 6.04 Å². The lowest BCUT2D eigenvalue weighted by molar-refractivity contribution is -0.149. The summed E-state index contributed by atoms with van der Waals surface area (Å²) in [5.41, 5.74) is 28.9. The van der Waals surface area contributed by atoms with Gasteiger partial charge in [-0.2, -0.15) is 0 Å². The van der Waals surface area contributed by atoms with E-state index in [9.17, 15) is 38.7 Å². The number of benzene rings is 1. The second-order valence-electron chi connectivity index (χ2n) is 16.1. The van der Waals surface area contributed by atoms with Gasteiger partial charge in [0.25, 0.3) is 0 Å². The molecule has 1 aliphatic rings. The monoisotopic (exact) mass is 872 g/mol. The number of hydrogen-bond acceptors (Lipinski definition) is 10. The van der Waals surface area contributed by atoms with Crippen molar-refractivity contribution in [1.29, 1.82) is 0 Å². The Bertz CT molecular complexity index is 1720. The molecule has 1 saturated heterocycles. The first-order valence-corrected chi connectivity index (χ1v) is 21.2. The van der Waals surface area contributed by atoms with Crippen molar-refractivity contribution >= 4 is 53.3 Å². The highest BCUT2D eigenvalue weighted by Gasteiger charge is 2.39. The van der Waals surface area contributed by atoms with E-state index < -0.39 is 89.6 Å². The highest BCUT2D eigenvalue weighted by Crippen LogP contribution is 2.20. The predicted molar refractivity (Wildman–Crippen MR) is 235 cm³/mol. The quantitative estimate of drug-likeness (QED) is 0.0281. The Morgan fingerprint density at radius 1 is 0.742 bits per heavy atom. The number of carboxylic acids is 1. The molecule has 2 rings (SSSR count). The van der Waals surface area contributed by atoms with Crippen molar-refractivity contribution in [1.82, 2.24) is 31.5 Å². The Morgan fingerprint density at radius 3 is 1.84 bits per heavy atom. The van der Waals surface area contributed by atoms with Crippen molar-refractivity contribution in [3.8, 4) is 0 Å². The minimum Gasteiger partial charge on any atom is -0.480 e. The standard InChI is InChI=1S/C41H69N13O8/c1-6-24(4)32(37(59)51-29(16-11-19-48-41(45)46)38(60)54-20-12-17-31(54)39(61)62)53-33(55)25(5)49-35(57)28(15-10-18-47-40(43)44)50-36(58)30(21-23(2)3)52-34(56)27(42)22-26-13-8-7-9-14-26/h7-9,13-14,23-25,27-32H,6,10-12,15-22,42H2,1-5H3,(H,49,57)(H,50,58)(H,51,59)(H,52,56)(H,53,55)(H,61,62)(H4,43,44,47)(H4,45,46,48)/t24-,25-,27-,28-,29-,30-,31-,32-/m0/s1. The van der Waals surface area contributed by atoms with Crippen LogP contribution in [-0.4, -0.2) is 125 Å². The number of carboxylic acid groups (broad SMARTS) is 1. The molecule has 1 aromatic carbocycles. The van der Waals surface area contributed by atoms with Crippen molar-refractivity contribution in [2.45, 2.75) is 135 Å².